The van der Waals surface area contributed by atoms with Crippen molar-refractivity contribution in [3.05, 3.63) is 119 Å². The van der Waals surface area contributed by atoms with Crippen LogP contribution in [0.5, 0.6) is 17.4 Å². The zero-order valence-corrected chi connectivity index (χ0v) is 37.8. The Morgan fingerprint density at radius 2 is 1.70 bits per heavy atom. The number of carboxylic acids is 1. The number of nitrogens with zero attached hydrogens (tertiary/aromatic N) is 6. The molecule has 1 aliphatic rings. The largest absolute Gasteiger partial charge is 0.491 e. The number of para-hydroxylation sites is 1. The normalized spacial score (nSPS) is 14.4. The summed E-state index contributed by atoms with van der Waals surface area (Å²) in [6, 6.07) is 27.0. The van der Waals surface area contributed by atoms with Crippen LogP contribution in [0.15, 0.2) is 97.3 Å². The molecule has 1 atom stereocenters. The molecule has 64 heavy (non-hydrogen) atoms. The van der Waals surface area contributed by atoms with E-state index in [1.54, 1.807) is 47.9 Å². The molecule has 4 aromatic heterocycles. The average Bonchev–Trinajstić information content (AvgIpc) is 4.01. The van der Waals surface area contributed by atoms with Gasteiger partial charge in [-0.3, -0.25) is 14.6 Å². The molecule has 1 saturated heterocycles. The Bertz CT molecular complexity index is 2980. The molecule has 0 saturated carbocycles. The highest BCUT2D eigenvalue weighted by Gasteiger charge is 2.29. The van der Waals surface area contributed by atoms with Gasteiger partial charge in [0.15, 0.2) is 0 Å². The number of thiophene rings is 1. The fraction of sp³-hybridized carbons (Fsp3) is 0.292. The lowest BCUT2D eigenvalue weighted by atomic mass is 9.92. The third kappa shape index (κ3) is 9.13. The Kier molecular flexibility index (Phi) is 12.5. The van der Waals surface area contributed by atoms with Crippen molar-refractivity contribution in [1.29, 1.82) is 0 Å². The van der Waals surface area contributed by atoms with E-state index in [4.69, 9.17) is 35.2 Å². The van der Waals surface area contributed by atoms with Gasteiger partial charge in [-0.15, -0.1) is 11.3 Å². The maximum Gasteiger partial charge on any atom is 0.345 e. The Morgan fingerprint density at radius 1 is 0.922 bits per heavy atom. The summed E-state index contributed by atoms with van der Waals surface area (Å²) < 4.78 is 55.4. The lowest BCUT2D eigenvalue weighted by Crippen LogP contribution is -2.45. The van der Waals surface area contributed by atoms with Crippen molar-refractivity contribution in [2.24, 2.45) is 0 Å². The molecule has 11 nitrogen and oxygen atoms in total. The summed E-state index contributed by atoms with van der Waals surface area (Å²) in [5.41, 5.74) is 4.81. The number of piperazine rings is 1. The minimum absolute atomic E-state index is 0.0594. The van der Waals surface area contributed by atoms with Crippen LogP contribution in [-0.4, -0.2) is 98.4 Å². The number of carboxylic acid groups (broad SMARTS) is 1. The first-order valence-corrected chi connectivity index (χ1v) is 22.9. The molecular weight excluding hydrogens is 878 g/mol. The quantitative estimate of drug-likeness (QED) is 0.100. The van der Waals surface area contributed by atoms with E-state index >= 15 is 0 Å². The summed E-state index contributed by atoms with van der Waals surface area (Å²) in [6.45, 7) is 7.39. The highest BCUT2D eigenvalue weighted by atomic mass is 35.5. The molecule has 1 unspecified atom stereocenters. The van der Waals surface area contributed by atoms with Gasteiger partial charge >= 0.3 is 5.97 Å². The first kappa shape index (κ1) is 43.5. The maximum atomic E-state index is 13.9. The van der Waals surface area contributed by atoms with Crippen molar-refractivity contribution in [3.63, 3.8) is 0 Å². The monoisotopic (exact) mass is 922 g/mol. The van der Waals surface area contributed by atoms with Gasteiger partial charge in [-0.2, -0.15) is 9.47 Å². The van der Waals surface area contributed by atoms with Gasteiger partial charge in [-0.25, -0.2) is 13.6 Å². The van der Waals surface area contributed by atoms with Gasteiger partial charge in [0.2, 0.25) is 12.0 Å². The van der Waals surface area contributed by atoms with Crippen LogP contribution in [0.2, 0.25) is 5.02 Å². The van der Waals surface area contributed by atoms with Crippen molar-refractivity contribution in [2.75, 3.05) is 46.4 Å². The smallest absolute Gasteiger partial charge is 0.345 e. The molecule has 0 spiro atoms. The predicted octanol–water partition coefficient (Wildman–Crippen LogP) is 10.5. The number of aromatic nitrogens is 4. The molecule has 1 fully saturated rings. The summed E-state index contributed by atoms with van der Waals surface area (Å²) in [6.07, 6.45) is 1.72. The third-order valence-electron chi connectivity index (χ3n) is 11.5. The Morgan fingerprint density at radius 3 is 2.52 bits per heavy atom. The van der Waals surface area contributed by atoms with E-state index in [9.17, 15) is 18.7 Å². The minimum atomic E-state index is -2.97. The molecule has 16 heteroatoms. The van der Waals surface area contributed by atoms with Gasteiger partial charge < -0.3 is 24.2 Å². The zero-order valence-electron chi connectivity index (χ0n) is 35.4. The number of carbonyl (C=O) groups is 1. The van der Waals surface area contributed by atoms with Crippen molar-refractivity contribution in [3.8, 4) is 39.8 Å². The lowest BCUT2D eigenvalue weighted by Gasteiger charge is -2.32. The van der Waals surface area contributed by atoms with Gasteiger partial charge in [0.25, 0.3) is 5.92 Å². The number of ether oxygens (including phenoxy) is 3. The fourth-order valence-corrected chi connectivity index (χ4v) is 10.3. The van der Waals surface area contributed by atoms with Crippen molar-refractivity contribution >= 4 is 70.7 Å². The number of alkyl halides is 2. The van der Waals surface area contributed by atoms with Gasteiger partial charge in [0, 0.05) is 89.8 Å². The second-order valence-electron chi connectivity index (χ2n) is 16.1. The number of hydrogen-bond donors (Lipinski definition) is 1. The number of pyridine rings is 1. The summed E-state index contributed by atoms with van der Waals surface area (Å²) >= 11 is 10.0. The number of benzene rings is 4. The van der Waals surface area contributed by atoms with Crippen molar-refractivity contribution in [2.45, 2.75) is 45.4 Å². The number of halogens is 3. The average molecular weight is 924 g/mol. The van der Waals surface area contributed by atoms with E-state index in [-0.39, 0.29) is 18.9 Å². The maximum absolute atomic E-state index is 13.9. The van der Waals surface area contributed by atoms with E-state index in [0.717, 1.165) is 76.5 Å². The van der Waals surface area contributed by atoms with Crippen LogP contribution in [0.25, 0.3) is 52.6 Å². The second kappa shape index (κ2) is 18.4. The van der Waals surface area contributed by atoms with Crippen LogP contribution in [0.1, 0.15) is 23.7 Å². The van der Waals surface area contributed by atoms with E-state index in [2.05, 4.69) is 46.2 Å². The molecule has 0 bridgehead atoms. The Hall–Kier alpha value is -5.71. The molecular formula is C48H45ClF2N6O5S2. The highest BCUT2D eigenvalue weighted by Crippen LogP contribution is 2.48. The van der Waals surface area contributed by atoms with Crippen molar-refractivity contribution < 1.29 is 32.9 Å². The first-order valence-electron chi connectivity index (χ1n) is 20.9. The molecule has 5 heterocycles. The standard InChI is InChI=1S/C48H45ClF2N6O5S2/c1-29-32(15-16-37(43(29)49)60-24-23-56-21-19-55(3)20-22-56)41-42-40(26-52-44(41)35-12-8-11-34-33-10-5-7-14-39(33)63-45(34)35)64-54-46(42)62-38(47(58)59)25-30-9-4-6-13-36(30)61-27-31-17-18-53-57(31)28-48(2,50)51/h4-18,26,38H,19-25,27-28H2,1-3H3,(H,58,59). The van der Waals surface area contributed by atoms with Gasteiger partial charge in [-0.1, -0.05) is 72.3 Å². The van der Waals surface area contributed by atoms with Gasteiger partial charge in [0.05, 0.1) is 26.5 Å². The van der Waals surface area contributed by atoms with E-state index in [1.165, 1.54) is 22.4 Å². The van der Waals surface area contributed by atoms with Crippen molar-refractivity contribution in [1.82, 2.24) is 28.9 Å². The van der Waals surface area contributed by atoms with E-state index < -0.39 is 24.5 Å². The Balaban J connectivity index is 1.09. The molecule has 1 aliphatic heterocycles. The van der Waals surface area contributed by atoms with E-state index in [0.29, 0.717) is 55.7 Å². The molecule has 8 aromatic rings. The van der Waals surface area contributed by atoms with Crippen LogP contribution in [0.3, 0.4) is 0 Å². The van der Waals surface area contributed by atoms with Crippen LogP contribution < -0.4 is 14.2 Å². The second-order valence-corrected chi connectivity index (χ2v) is 18.4. The summed E-state index contributed by atoms with van der Waals surface area (Å²) in [7, 11) is 2.13. The zero-order chi connectivity index (χ0) is 44.5. The topological polar surface area (TPSA) is 115 Å². The molecule has 0 radical (unpaired) electrons. The van der Waals surface area contributed by atoms with Gasteiger partial charge in [-0.05, 0) is 66.5 Å². The molecule has 0 aliphatic carbocycles. The van der Waals surface area contributed by atoms with Crippen LogP contribution >= 0.6 is 34.5 Å². The summed E-state index contributed by atoms with van der Waals surface area (Å²) in [5, 5.41) is 18.0. The Labute approximate surface area is 381 Å². The lowest BCUT2D eigenvalue weighted by molar-refractivity contribution is -0.145. The number of aliphatic carboxylic acids is 1. The first-order chi connectivity index (χ1) is 30.9. The summed E-state index contributed by atoms with van der Waals surface area (Å²) in [4.78, 5) is 22.9. The highest BCUT2D eigenvalue weighted by molar-refractivity contribution is 7.26. The molecule has 330 valence electrons. The molecule has 9 rings (SSSR count). The third-order valence-corrected chi connectivity index (χ3v) is 14.0. The van der Waals surface area contributed by atoms with Crippen LogP contribution in [-0.2, 0) is 24.4 Å². The number of likely N-dealkylation sites (N-methyl/N-ethyl adjacent to an activating group) is 1. The molecule has 0 amide bonds. The number of rotatable bonds is 16. The number of hydrogen-bond acceptors (Lipinski definition) is 11. The predicted molar refractivity (Wildman–Crippen MR) is 250 cm³/mol. The summed E-state index contributed by atoms with van der Waals surface area (Å²) in [5.74, 6) is -3.08. The number of fused-ring (bicyclic) bond motifs is 4. The molecule has 4 aromatic carbocycles. The fourth-order valence-electron chi connectivity index (χ4n) is 8.16. The minimum Gasteiger partial charge on any atom is -0.491 e. The SMILES string of the molecule is Cc1c(-c2c(-c3cccc4c3sc3ccccc34)ncc3snc(OC(Cc4ccccc4OCc4ccnn4CC(C)(F)F)C(=O)O)c23)ccc(OCCN2CCN(C)CC2)c1Cl. The van der Waals surface area contributed by atoms with Crippen LogP contribution in [0, 0.1) is 6.92 Å². The van der Waals surface area contributed by atoms with E-state index in [1.807, 2.05) is 37.3 Å². The molecule has 1 N–H and O–H groups in total. The van der Waals surface area contributed by atoms with Gasteiger partial charge in [0.1, 0.15) is 31.3 Å². The van der Waals surface area contributed by atoms with Crippen LogP contribution in [0.4, 0.5) is 8.78 Å².